The van der Waals surface area contributed by atoms with E-state index in [0.717, 1.165) is 24.1 Å². The summed E-state index contributed by atoms with van der Waals surface area (Å²) in [7, 11) is 0. The molecule has 0 saturated carbocycles. The highest BCUT2D eigenvalue weighted by molar-refractivity contribution is 5.99. The second-order valence-electron chi connectivity index (χ2n) is 6.76. The molecule has 1 nitrogen and oxygen atoms in total. The maximum atomic E-state index is 4.98. The minimum absolute atomic E-state index is 1.06. The number of benzene rings is 1. The largest absolute Gasteiger partial charge is 0.248 e. The van der Waals surface area contributed by atoms with Gasteiger partial charge in [0.15, 0.2) is 0 Å². The van der Waals surface area contributed by atoms with E-state index >= 15 is 0 Å². The summed E-state index contributed by atoms with van der Waals surface area (Å²) < 4.78 is 0. The van der Waals surface area contributed by atoms with Crippen LogP contribution in [0.25, 0.3) is 22.0 Å². The van der Waals surface area contributed by atoms with E-state index in [1.807, 2.05) is 13.8 Å². The number of pyridine rings is 1. The first-order chi connectivity index (χ1) is 13.7. The number of rotatable bonds is 4. The maximum Gasteiger partial charge on any atom is 0.0718 e. The SMILES string of the molecule is CC.C\C=C/C(C)=C(\C=C/C)c1cc(C2=CCCC=C2)nc2cccc(C)c12. The van der Waals surface area contributed by atoms with Crippen molar-refractivity contribution in [2.24, 2.45) is 0 Å². The van der Waals surface area contributed by atoms with Gasteiger partial charge in [0.1, 0.15) is 0 Å². The van der Waals surface area contributed by atoms with E-state index < -0.39 is 0 Å². The Bertz CT molecular complexity index is 965. The molecular formula is C27H33N. The van der Waals surface area contributed by atoms with Gasteiger partial charge in [0.05, 0.1) is 11.2 Å². The smallest absolute Gasteiger partial charge is 0.0718 e. The Labute approximate surface area is 170 Å². The molecule has 1 aromatic carbocycles. The van der Waals surface area contributed by atoms with Crippen LogP contribution in [-0.2, 0) is 0 Å². The van der Waals surface area contributed by atoms with E-state index in [1.54, 1.807) is 0 Å². The molecule has 0 unspecified atom stereocenters. The molecule has 0 fully saturated rings. The maximum absolute atomic E-state index is 4.98. The lowest BCUT2D eigenvalue weighted by atomic mass is 9.92. The van der Waals surface area contributed by atoms with E-state index in [9.17, 15) is 0 Å². The molecular weight excluding hydrogens is 338 g/mol. The predicted octanol–water partition coefficient (Wildman–Crippen LogP) is 8.23. The number of fused-ring (bicyclic) bond motifs is 1. The summed E-state index contributed by atoms with van der Waals surface area (Å²) in [4.78, 5) is 4.98. The van der Waals surface area contributed by atoms with Crippen LogP contribution in [0.2, 0.25) is 0 Å². The van der Waals surface area contributed by atoms with Gasteiger partial charge in [-0.2, -0.15) is 0 Å². The van der Waals surface area contributed by atoms with Crippen LogP contribution in [0.4, 0.5) is 0 Å². The van der Waals surface area contributed by atoms with Gasteiger partial charge in [-0.15, -0.1) is 0 Å². The number of allylic oxidation sites excluding steroid dienone is 10. The van der Waals surface area contributed by atoms with Crippen molar-refractivity contribution in [3.8, 4) is 0 Å². The zero-order valence-electron chi connectivity index (χ0n) is 18.2. The van der Waals surface area contributed by atoms with Crippen LogP contribution in [-0.4, -0.2) is 4.98 Å². The lowest BCUT2D eigenvalue weighted by molar-refractivity contribution is 1.04. The van der Waals surface area contributed by atoms with Crippen LogP contribution in [0.1, 0.15) is 64.3 Å². The fourth-order valence-corrected chi connectivity index (χ4v) is 3.57. The molecule has 0 atom stereocenters. The van der Waals surface area contributed by atoms with E-state index in [2.05, 4.69) is 94.5 Å². The molecule has 1 aliphatic rings. The van der Waals surface area contributed by atoms with Gasteiger partial charge in [-0.25, -0.2) is 4.98 Å². The van der Waals surface area contributed by atoms with Gasteiger partial charge in [0, 0.05) is 5.39 Å². The normalized spacial score (nSPS) is 14.9. The molecule has 0 aliphatic heterocycles. The Balaban J connectivity index is 0.00000136. The molecule has 146 valence electrons. The Morgan fingerprint density at radius 2 is 1.79 bits per heavy atom. The molecule has 3 rings (SSSR count). The van der Waals surface area contributed by atoms with Crippen molar-refractivity contribution in [2.75, 3.05) is 0 Å². The molecule has 1 aromatic heterocycles. The first-order valence-corrected chi connectivity index (χ1v) is 10.4. The van der Waals surface area contributed by atoms with Crippen molar-refractivity contribution < 1.29 is 0 Å². The molecule has 1 heterocycles. The lowest BCUT2D eigenvalue weighted by Gasteiger charge is -2.16. The molecule has 0 N–H and O–H groups in total. The highest BCUT2D eigenvalue weighted by Crippen LogP contribution is 2.33. The monoisotopic (exact) mass is 371 g/mol. The highest BCUT2D eigenvalue weighted by atomic mass is 14.7. The molecule has 1 aliphatic carbocycles. The fraction of sp³-hybridized carbons (Fsp3) is 0.296. The van der Waals surface area contributed by atoms with Gasteiger partial charge in [0.25, 0.3) is 0 Å². The van der Waals surface area contributed by atoms with Crippen LogP contribution < -0.4 is 0 Å². The van der Waals surface area contributed by atoms with Gasteiger partial charge in [-0.3, -0.25) is 0 Å². The Hall–Kier alpha value is -2.67. The summed E-state index contributed by atoms with van der Waals surface area (Å²) in [5, 5.41) is 1.24. The highest BCUT2D eigenvalue weighted by Gasteiger charge is 2.14. The van der Waals surface area contributed by atoms with Crippen LogP contribution in [0.3, 0.4) is 0 Å². The van der Waals surface area contributed by atoms with Crippen LogP contribution >= 0.6 is 0 Å². The average Bonchev–Trinajstić information content (AvgIpc) is 2.73. The van der Waals surface area contributed by atoms with E-state index in [1.165, 1.54) is 33.2 Å². The third-order valence-electron chi connectivity index (χ3n) is 4.80. The van der Waals surface area contributed by atoms with Crippen molar-refractivity contribution in [1.29, 1.82) is 0 Å². The van der Waals surface area contributed by atoms with Gasteiger partial charge in [0.2, 0.25) is 0 Å². The molecule has 0 radical (unpaired) electrons. The molecule has 1 heteroatoms. The first kappa shape index (κ1) is 21.6. The summed E-state index contributed by atoms with van der Waals surface area (Å²) in [5.41, 5.74) is 8.40. The Morgan fingerprint density at radius 1 is 1.04 bits per heavy atom. The first-order valence-electron chi connectivity index (χ1n) is 10.4. The zero-order valence-corrected chi connectivity index (χ0v) is 18.2. The Morgan fingerprint density at radius 3 is 2.43 bits per heavy atom. The minimum Gasteiger partial charge on any atom is -0.248 e. The predicted molar refractivity (Wildman–Crippen MR) is 126 cm³/mol. The number of nitrogens with zero attached hydrogens (tertiary/aromatic N) is 1. The van der Waals surface area contributed by atoms with Gasteiger partial charge in [-0.05, 0) is 80.5 Å². The van der Waals surface area contributed by atoms with Crippen molar-refractivity contribution in [3.05, 3.63) is 89.2 Å². The standard InChI is InChI=1S/C25H27N.C2H6/c1-5-11-18(3)21(12-6-2)22-17-24(20-14-8-7-9-15-20)26-23-16-10-13-19(4)25(22)23;1-2/h5-6,8,10-17H,7,9H2,1-4H3;1-2H3/b11-5-,12-6-,21-18+;. The van der Waals surface area contributed by atoms with Crippen LogP contribution in [0.5, 0.6) is 0 Å². The number of hydrogen-bond acceptors (Lipinski definition) is 1. The number of hydrogen-bond donors (Lipinski definition) is 0. The van der Waals surface area contributed by atoms with Crippen molar-refractivity contribution in [1.82, 2.24) is 4.98 Å². The third-order valence-corrected chi connectivity index (χ3v) is 4.80. The van der Waals surface area contributed by atoms with Crippen LogP contribution in [0, 0.1) is 6.92 Å². The van der Waals surface area contributed by atoms with Crippen molar-refractivity contribution in [2.45, 2.75) is 54.4 Å². The van der Waals surface area contributed by atoms with Crippen molar-refractivity contribution in [3.63, 3.8) is 0 Å². The molecule has 0 bridgehead atoms. The second-order valence-corrected chi connectivity index (χ2v) is 6.76. The quantitative estimate of drug-likeness (QED) is 0.493. The molecule has 0 amide bonds. The summed E-state index contributed by atoms with van der Waals surface area (Å²) in [6.07, 6.45) is 17.6. The summed E-state index contributed by atoms with van der Waals surface area (Å²) in [6, 6.07) is 8.66. The van der Waals surface area contributed by atoms with Crippen molar-refractivity contribution >= 4 is 22.0 Å². The Kier molecular flexibility index (Phi) is 8.19. The van der Waals surface area contributed by atoms with Crippen LogP contribution in [0.15, 0.2) is 72.4 Å². The van der Waals surface area contributed by atoms with Gasteiger partial charge < -0.3 is 0 Å². The average molecular weight is 372 g/mol. The minimum atomic E-state index is 1.06. The molecule has 28 heavy (non-hydrogen) atoms. The molecule has 0 spiro atoms. The summed E-state index contributed by atoms with van der Waals surface area (Å²) in [6.45, 7) is 12.5. The van der Waals surface area contributed by atoms with E-state index in [4.69, 9.17) is 4.98 Å². The topological polar surface area (TPSA) is 12.9 Å². The van der Waals surface area contributed by atoms with E-state index in [0.29, 0.717) is 0 Å². The number of aromatic nitrogens is 1. The lowest BCUT2D eigenvalue weighted by Crippen LogP contribution is -1.98. The zero-order chi connectivity index (χ0) is 20.5. The third kappa shape index (κ3) is 4.78. The fourth-order valence-electron chi connectivity index (χ4n) is 3.57. The molecule has 2 aromatic rings. The summed E-state index contributed by atoms with van der Waals surface area (Å²) in [5.74, 6) is 0. The van der Waals surface area contributed by atoms with E-state index in [-0.39, 0.29) is 0 Å². The summed E-state index contributed by atoms with van der Waals surface area (Å²) >= 11 is 0. The second kappa shape index (κ2) is 10.6. The number of aryl methyl sites for hydroxylation is 1. The van der Waals surface area contributed by atoms with Gasteiger partial charge >= 0.3 is 0 Å². The molecule has 0 saturated heterocycles. The van der Waals surface area contributed by atoms with Gasteiger partial charge in [-0.1, -0.05) is 68.5 Å².